The maximum atomic E-state index is 11.1. The van der Waals surface area contributed by atoms with Gasteiger partial charge >= 0.3 is 0 Å². The fraction of sp³-hybridized carbons (Fsp3) is 0.417. The monoisotopic (exact) mass is 251 g/mol. The van der Waals surface area contributed by atoms with Crippen molar-refractivity contribution in [2.45, 2.75) is 6.42 Å². The van der Waals surface area contributed by atoms with Gasteiger partial charge in [0.15, 0.2) is 0 Å². The molecule has 0 spiro atoms. The van der Waals surface area contributed by atoms with Gasteiger partial charge in [-0.25, -0.2) is 0 Å². The Morgan fingerprint density at radius 2 is 2.35 bits per heavy atom. The largest absolute Gasteiger partial charge is 0.398 e. The smallest absolute Gasteiger partial charge is 0.250 e. The number of hydrogen-bond acceptors (Lipinski definition) is 4. The summed E-state index contributed by atoms with van der Waals surface area (Å²) >= 11 is 1.99. The van der Waals surface area contributed by atoms with Crippen molar-refractivity contribution in [1.82, 2.24) is 0 Å². The van der Waals surface area contributed by atoms with Crippen LogP contribution in [0.25, 0.3) is 0 Å². The van der Waals surface area contributed by atoms with Crippen LogP contribution in [0.4, 0.5) is 11.4 Å². The van der Waals surface area contributed by atoms with Crippen molar-refractivity contribution >= 4 is 29.0 Å². The molecule has 1 amide bonds. The number of nitrogen functional groups attached to an aromatic ring is 1. The van der Waals surface area contributed by atoms with E-state index in [0.29, 0.717) is 11.3 Å². The minimum absolute atomic E-state index is 0.385. The number of benzene rings is 1. The summed E-state index contributed by atoms with van der Waals surface area (Å²) in [5.74, 6) is 2.70. The van der Waals surface area contributed by atoms with Crippen molar-refractivity contribution in [3.05, 3.63) is 23.8 Å². The zero-order valence-electron chi connectivity index (χ0n) is 9.61. The maximum Gasteiger partial charge on any atom is 0.250 e. The Kier molecular flexibility index (Phi) is 3.78. The average molecular weight is 251 g/mol. The summed E-state index contributed by atoms with van der Waals surface area (Å²) in [7, 11) is 0. The molecule has 0 radical (unpaired) electrons. The van der Waals surface area contributed by atoms with Crippen molar-refractivity contribution in [1.29, 1.82) is 0 Å². The highest BCUT2D eigenvalue weighted by Crippen LogP contribution is 2.24. The fourth-order valence-electron chi connectivity index (χ4n) is 1.89. The van der Waals surface area contributed by atoms with E-state index in [4.69, 9.17) is 11.5 Å². The third-order valence-electron chi connectivity index (χ3n) is 2.94. The number of nitrogens with two attached hydrogens (primary N) is 2. The third kappa shape index (κ3) is 3.06. The molecular weight excluding hydrogens is 234 g/mol. The predicted octanol–water partition coefficient (Wildman–Crippen LogP) is 1.53. The minimum Gasteiger partial charge on any atom is -0.398 e. The Balaban J connectivity index is 2.00. The van der Waals surface area contributed by atoms with Gasteiger partial charge < -0.3 is 16.8 Å². The SMILES string of the molecule is NC(=O)c1cc(NCC2CCSC2)ccc1N. The summed E-state index contributed by atoms with van der Waals surface area (Å²) < 4.78 is 0. The van der Waals surface area contributed by atoms with Crippen LogP contribution in [0.15, 0.2) is 18.2 Å². The lowest BCUT2D eigenvalue weighted by Gasteiger charge is -2.12. The molecule has 0 aliphatic carbocycles. The molecule has 0 saturated carbocycles. The fourth-order valence-corrected chi connectivity index (χ4v) is 3.17. The summed E-state index contributed by atoms with van der Waals surface area (Å²) in [4.78, 5) is 11.1. The average Bonchev–Trinajstić information content (AvgIpc) is 2.80. The van der Waals surface area contributed by atoms with Gasteiger partial charge in [0.1, 0.15) is 0 Å². The molecule has 17 heavy (non-hydrogen) atoms. The van der Waals surface area contributed by atoms with E-state index in [2.05, 4.69) is 5.32 Å². The first-order valence-electron chi connectivity index (χ1n) is 5.68. The van der Waals surface area contributed by atoms with Gasteiger partial charge in [-0.1, -0.05) is 0 Å². The zero-order valence-corrected chi connectivity index (χ0v) is 10.4. The number of thioether (sulfide) groups is 1. The second kappa shape index (κ2) is 5.31. The molecular formula is C12H17N3OS. The normalized spacial score (nSPS) is 19.2. The first-order chi connectivity index (χ1) is 8.16. The van der Waals surface area contributed by atoms with E-state index in [9.17, 15) is 4.79 Å². The summed E-state index contributed by atoms with van der Waals surface area (Å²) in [5, 5.41) is 3.33. The number of primary amides is 1. The number of hydrogen-bond donors (Lipinski definition) is 3. The van der Waals surface area contributed by atoms with Crippen LogP contribution in [0.2, 0.25) is 0 Å². The highest BCUT2D eigenvalue weighted by atomic mass is 32.2. The molecule has 1 aliphatic heterocycles. The molecule has 1 aromatic carbocycles. The predicted molar refractivity (Wildman–Crippen MR) is 73.3 cm³/mol. The molecule has 4 nitrogen and oxygen atoms in total. The number of rotatable bonds is 4. The van der Waals surface area contributed by atoms with Crippen molar-refractivity contribution in [3.63, 3.8) is 0 Å². The van der Waals surface area contributed by atoms with Crippen LogP contribution in [-0.4, -0.2) is 24.0 Å². The lowest BCUT2D eigenvalue weighted by atomic mass is 10.1. The molecule has 1 aliphatic rings. The van der Waals surface area contributed by atoms with Crippen LogP contribution in [0.5, 0.6) is 0 Å². The summed E-state index contributed by atoms with van der Waals surface area (Å²) in [5.41, 5.74) is 12.7. The lowest BCUT2D eigenvalue weighted by Crippen LogP contribution is -2.16. The second-order valence-electron chi connectivity index (χ2n) is 4.28. The van der Waals surface area contributed by atoms with Gasteiger partial charge in [0.05, 0.1) is 5.56 Å². The van der Waals surface area contributed by atoms with Crippen LogP contribution >= 0.6 is 11.8 Å². The van der Waals surface area contributed by atoms with Crippen molar-refractivity contribution < 1.29 is 4.79 Å². The van der Waals surface area contributed by atoms with E-state index >= 15 is 0 Å². The molecule has 5 N–H and O–H groups in total. The van der Waals surface area contributed by atoms with E-state index in [0.717, 1.165) is 18.2 Å². The van der Waals surface area contributed by atoms with E-state index in [1.54, 1.807) is 12.1 Å². The van der Waals surface area contributed by atoms with Gasteiger partial charge in [-0.2, -0.15) is 11.8 Å². The van der Waals surface area contributed by atoms with Crippen molar-refractivity contribution in [3.8, 4) is 0 Å². The van der Waals surface area contributed by atoms with Crippen LogP contribution in [-0.2, 0) is 0 Å². The molecule has 5 heteroatoms. The first kappa shape index (κ1) is 12.1. The van der Waals surface area contributed by atoms with Gasteiger partial charge in [0, 0.05) is 17.9 Å². The van der Waals surface area contributed by atoms with Gasteiger partial charge in [-0.15, -0.1) is 0 Å². The van der Waals surface area contributed by atoms with E-state index in [1.165, 1.54) is 17.9 Å². The highest BCUT2D eigenvalue weighted by molar-refractivity contribution is 7.99. The molecule has 1 aromatic rings. The number of amides is 1. The summed E-state index contributed by atoms with van der Waals surface area (Å²) in [6.45, 7) is 0.940. The van der Waals surface area contributed by atoms with E-state index in [-0.39, 0.29) is 0 Å². The minimum atomic E-state index is -0.484. The third-order valence-corrected chi connectivity index (χ3v) is 4.17. The van der Waals surface area contributed by atoms with Crippen LogP contribution in [0.3, 0.4) is 0 Å². The number of anilines is 2. The first-order valence-corrected chi connectivity index (χ1v) is 6.83. The Hall–Kier alpha value is -1.36. The molecule has 0 bridgehead atoms. The van der Waals surface area contributed by atoms with Gasteiger partial charge in [0.25, 0.3) is 5.91 Å². The van der Waals surface area contributed by atoms with Gasteiger partial charge in [-0.3, -0.25) is 4.79 Å². The molecule has 2 rings (SSSR count). The van der Waals surface area contributed by atoms with E-state index in [1.807, 2.05) is 17.8 Å². The van der Waals surface area contributed by atoms with Crippen molar-refractivity contribution in [2.24, 2.45) is 11.7 Å². The second-order valence-corrected chi connectivity index (χ2v) is 5.43. The number of carbonyl (C=O) groups excluding carboxylic acids is 1. The lowest BCUT2D eigenvalue weighted by molar-refractivity contribution is 0.100. The quantitative estimate of drug-likeness (QED) is 0.709. The molecule has 1 saturated heterocycles. The van der Waals surface area contributed by atoms with Gasteiger partial charge in [0.2, 0.25) is 0 Å². The van der Waals surface area contributed by atoms with Crippen LogP contribution in [0, 0.1) is 5.92 Å². The molecule has 0 aromatic heterocycles. The molecule has 92 valence electrons. The topological polar surface area (TPSA) is 81.1 Å². The molecule has 1 atom stereocenters. The Morgan fingerprint density at radius 3 is 3.00 bits per heavy atom. The highest BCUT2D eigenvalue weighted by Gasteiger charge is 2.15. The van der Waals surface area contributed by atoms with Gasteiger partial charge in [-0.05, 0) is 42.0 Å². The standard InChI is InChI=1S/C12H17N3OS/c13-11-2-1-9(5-10(11)12(14)16)15-6-8-3-4-17-7-8/h1-2,5,8,15H,3-4,6-7,13H2,(H2,14,16). The molecule has 1 fully saturated rings. The Bertz CT molecular complexity index is 416. The van der Waals surface area contributed by atoms with Crippen LogP contribution in [0.1, 0.15) is 16.8 Å². The zero-order chi connectivity index (χ0) is 12.3. The number of carbonyl (C=O) groups is 1. The summed E-state index contributed by atoms with van der Waals surface area (Å²) in [6, 6.07) is 5.31. The van der Waals surface area contributed by atoms with Crippen LogP contribution < -0.4 is 16.8 Å². The maximum absolute atomic E-state index is 11.1. The van der Waals surface area contributed by atoms with E-state index < -0.39 is 5.91 Å². The molecule has 1 unspecified atom stereocenters. The Morgan fingerprint density at radius 1 is 1.53 bits per heavy atom. The summed E-state index contributed by atoms with van der Waals surface area (Å²) in [6.07, 6.45) is 1.26. The Labute approximate surface area is 105 Å². The molecule has 1 heterocycles. The van der Waals surface area contributed by atoms with Crippen molar-refractivity contribution in [2.75, 3.05) is 29.1 Å². The number of nitrogens with one attached hydrogen (secondary N) is 1.